The highest BCUT2D eigenvalue weighted by atomic mass is 127. The third kappa shape index (κ3) is 4.15. The molecule has 1 aromatic heterocycles. The standard InChI is InChI=1S/C11H9BrClIN4O/c1-2-19-11-17-9(13)16-10(18-11)15-8-5-6(14)3-4-7(8)12/h3-5H,2H2,1H3,(H,15,16,17,18). The van der Waals surface area contributed by atoms with Crippen molar-refractivity contribution in [3.8, 4) is 6.01 Å². The van der Waals surface area contributed by atoms with Crippen molar-refractivity contribution in [1.29, 1.82) is 0 Å². The first-order valence-corrected chi connectivity index (χ1v) is 7.60. The fraction of sp³-hybridized carbons (Fsp3) is 0.182. The third-order valence-electron chi connectivity index (χ3n) is 2.04. The van der Waals surface area contributed by atoms with E-state index in [0.717, 1.165) is 13.7 Å². The Kier molecular flexibility index (Phi) is 5.17. The van der Waals surface area contributed by atoms with Crippen molar-refractivity contribution in [3.63, 3.8) is 0 Å². The van der Waals surface area contributed by atoms with Crippen LogP contribution in [-0.4, -0.2) is 21.6 Å². The van der Waals surface area contributed by atoms with Gasteiger partial charge in [0.2, 0.25) is 11.2 Å². The number of aromatic nitrogens is 3. The molecule has 8 heteroatoms. The Labute approximate surface area is 137 Å². The Hall–Kier alpha value is -0.670. The van der Waals surface area contributed by atoms with Gasteiger partial charge in [0.25, 0.3) is 0 Å². The molecule has 19 heavy (non-hydrogen) atoms. The summed E-state index contributed by atoms with van der Waals surface area (Å²) in [5.74, 6) is 0.339. The molecule has 0 radical (unpaired) electrons. The first-order valence-electron chi connectivity index (χ1n) is 5.35. The second kappa shape index (κ2) is 6.67. The van der Waals surface area contributed by atoms with Gasteiger partial charge in [-0.2, -0.15) is 15.0 Å². The van der Waals surface area contributed by atoms with Crippen LogP contribution in [0.4, 0.5) is 11.6 Å². The van der Waals surface area contributed by atoms with Crippen LogP contribution in [0.3, 0.4) is 0 Å². The first kappa shape index (κ1) is 14.7. The van der Waals surface area contributed by atoms with Crippen molar-refractivity contribution in [2.75, 3.05) is 11.9 Å². The average molecular weight is 455 g/mol. The van der Waals surface area contributed by atoms with Crippen molar-refractivity contribution in [2.24, 2.45) is 0 Å². The lowest BCUT2D eigenvalue weighted by Crippen LogP contribution is -2.04. The van der Waals surface area contributed by atoms with Crippen molar-refractivity contribution < 1.29 is 4.74 Å². The van der Waals surface area contributed by atoms with Crippen molar-refractivity contribution in [2.45, 2.75) is 6.92 Å². The minimum atomic E-state index is 0.0858. The lowest BCUT2D eigenvalue weighted by atomic mass is 10.3. The second-order valence-electron chi connectivity index (χ2n) is 3.39. The first-order chi connectivity index (χ1) is 9.08. The molecule has 0 unspecified atom stereocenters. The smallest absolute Gasteiger partial charge is 0.322 e. The van der Waals surface area contributed by atoms with E-state index in [1.807, 2.05) is 25.1 Å². The SMILES string of the molecule is CCOc1nc(Cl)nc(Nc2cc(I)ccc2Br)n1. The molecular formula is C11H9BrClIN4O. The number of anilines is 2. The van der Waals surface area contributed by atoms with E-state index in [-0.39, 0.29) is 11.3 Å². The predicted molar refractivity (Wildman–Crippen MR) is 86.1 cm³/mol. The Bertz CT molecular complexity index is 599. The quantitative estimate of drug-likeness (QED) is 0.706. The van der Waals surface area contributed by atoms with Gasteiger partial charge in [0, 0.05) is 8.04 Å². The van der Waals surface area contributed by atoms with Crippen LogP contribution in [0, 0.1) is 3.57 Å². The number of ether oxygens (including phenoxy) is 1. The molecule has 0 saturated carbocycles. The van der Waals surface area contributed by atoms with Crippen LogP contribution < -0.4 is 10.1 Å². The molecule has 0 fully saturated rings. The number of halogens is 3. The maximum atomic E-state index is 5.83. The van der Waals surface area contributed by atoms with E-state index in [0.29, 0.717) is 12.6 Å². The highest BCUT2D eigenvalue weighted by Crippen LogP contribution is 2.27. The summed E-state index contributed by atoms with van der Waals surface area (Å²) in [7, 11) is 0. The summed E-state index contributed by atoms with van der Waals surface area (Å²) in [6.45, 7) is 2.31. The maximum absolute atomic E-state index is 5.83. The Morgan fingerprint density at radius 1 is 1.37 bits per heavy atom. The van der Waals surface area contributed by atoms with E-state index in [4.69, 9.17) is 16.3 Å². The van der Waals surface area contributed by atoms with Crippen molar-refractivity contribution >= 4 is 61.8 Å². The molecule has 0 aliphatic rings. The number of hydrogen-bond acceptors (Lipinski definition) is 5. The van der Waals surface area contributed by atoms with Crippen LogP contribution in [0.15, 0.2) is 22.7 Å². The van der Waals surface area contributed by atoms with Gasteiger partial charge in [-0.1, -0.05) is 0 Å². The molecule has 5 nitrogen and oxygen atoms in total. The van der Waals surface area contributed by atoms with Crippen molar-refractivity contribution in [1.82, 2.24) is 15.0 Å². The molecule has 0 saturated heterocycles. The molecule has 1 heterocycles. The summed E-state index contributed by atoms with van der Waals surface area (Å²) in [4.78, 5) is 12.0. The zero-order valence-corrected chi connectivity index (χ0v) is 14.3. The van der Waals surface area contributed by atoms with Gasteiger partial charge in [-0.25, -0.2) is 0 Å². The topological polar surface area (TPSA) is 59.9 Å². The molecule has 2 aromatic rings. The Morgan fingerprint density at radius 2 is 2.16 bits per heavy atom. The molecule has 0 bridgehead atoms. The summed E-state index contributed by atoms with van der Waals surface area (Å²) >= 11 is 11.5. The van der Waals surface area contributed by atoms with Crippen molar-refractivity contribution in [3.05, 3.63) is 31.5 Å². The third-order valence-corrected chi connectivity index (χ3v) is 3.57. The molecule has 0 aliphatic carbocycles. The second-order valence-corrected chi connectivity index (χ2v) is 5.83. The molecule has 1 aromatic carbocycles. The van der Waals surface area contributed by atoms with Crippen LogP contribution in [0.1, 0.15) is 6.92 Å². The van der Waals surface area contributed by atoms with E-state index in [1.165, 1.54) is 0 Å². The van der Waals surface area contributed by atoms with Gasteiger partial charge in [-0.05, 0) is 75.2 Å². The molecule has 1 N–H and O–H groups in total. The molecule has 0 amide bonds. The average Bonchev–Trinajstić information content (AvgIpc) is 2.33. The molecule has 0 atom stereocenters. The molecular weight excluding hydrogens is 446 g/mol. The van der Waals surface area contributed by atoms with Gasteiger partial charge >= 0.3 is 6.01 Å². The van der Waals surface area contributed by atoms with Gasteiger partial charge in [0.15, 0.2) is 0 Å². The van der Waals surface area contributed by atoms with Crippen LogP contribution in [0.2, 0.25) is 5.28 Å². The van der Waals surface area contributed by atoms with Crippen LogP contribution >= 0.6 is 50.1 Å². The van der Waals surface area contributed by atoms with E-state index < -0.39 is 0 Å². The van der Waals surface area contributed by atoms with Gasteiger partial charge in [0.05, 0.1) is 12.3 Å². The van der Waals surface area contributed by atoms with Crippen LogP contribution in [0.25, 0.3) is 0 Å². The molecule has 0 aliphatic heterocycles. The van der Waals surface area contributed by atoms with E-state index in [9.17, 15) is 0 Å². The molecule has 0 spiro atoms. The summed E-state index contributed by atoms with van der Waals surface area (Å²) in [5.41, 5.74) is 0.844. The van der Waals surface area contributed by atoms with E-state index >= 15 is 0 Å². The Morgan fingerprint density at radius 3 is 2.89 bits per heavy atom. The maximum Gasteiger partial charge on any atom is 0.322 e. The fourth-order valence-electron chi connectivity index (χ4n) is 1.30. The molecule has 100 valence electrons. The summed E-state index contributed by atoms with van der Waals surface area (Å²) in [6, 6.07) is 6.09. The highest BCUT2D eigenvalue weighted by Gasteiger charge is 2.08. The van der Waals surface area contributed by atoms with Gasteiger partial charge < -0.3 is 10.1 Å². The monoisotopic (exact) mass is 454 g/mol. The number of hydrogen-bond donors (Lipinski definition) is 1. The zero-order chi connectivity index (χ0) is 13.8. The zero-order valence-electron chi connectivity index (χ0n) is 9.82. The fourth-order valence-corrected chi connectivity index (χ4v) is 2.28. The predicted octanol–water partition coefficient (Wildman–Crippen LogP) is 4.03. The lowest BCUT2D eigenvalue weighted by molar-refractivity contribution is 0.312. The van der Waals surface area contributed by atoms with Crippen LogP contribution in [-0.2, 0) is 0 Å². The summed E-state index contributed by atoms with van der Waals surface area (Å²) in [6.07, 6.45) is 0. The number of nitrogens with zero attached hydrogens (tertiary/aromatic N) is 3. The van der Waals surface area contributed by atoms with Gasteiger partial charge in [0.1, 0.15) is 0 Å². The number of benzene rings is 1. The van der Waals surface area contributed by atoms with Gasteiger partial charge in [-0.3, -0.25) is 0 Å². The number of nitrogens with one attached hydrogen (secondary N) is 1. The highest BCUT2D eigenvalue weighted by molar-refractivity contribution is 14.1. The largest absolute Gasteiger partial charge is 0.464 e. The van der Waals surface area contributed by atoms with Gasteiger partial charge in [-0.15, -0.1) is 0 Å². The summed E-state index contributed by atoms with van der Waals surface area (Å²) in [5, 5.41) is 3.16. The lowest BCUT2D eigenvalue weighted by Gasteiger charge is -2.08. The Balaban J connectivity index is 2.29. The van der Waals surface area contributed by atoms with Crippen LogP contribution in [0.5, 0.6) is 6.01 Å². The molecule has 2 rings (SSSR count). The number of rotatable bonds is 4. The van der Waals surface area contributed by atoms with E-state index in [1.54, 1.807) is 0 Å². The normalized spacial score (nSPS) is 10.3. The summed E-state index contributed by atoms with van der Waals surface area (Å²) < 4.78 is 7.22. The minimum absolute atomic E-state index is 0.0858. The van der Waals surface area contributed by atoms with E-state index in [2.05, 4.69) is 58.8 Å². The minimum Gasteiger partial charge on any atom is -0.464 e.